The van der Waals surface area contributed by atoms with Gasteiger partial charge in [0.2, 0.25) is 0 Å². The van der Waals surface area contributed by atoms with E-state index in [1.54, 1.807) is 11.9 Å². The zero-order chi connectivity index (χ0) is 19.6. The third kappa shape index (κ3) is 4.80. The third-order valence-electron chi connectivity index (χ3n) is 4.83. The van der Waals surface area contributed by atoms with Gasteiger partial charge in [0.25, 0.3) is 5.91 Å². The summed E-state index contributed by atoms with van der Waals surface area (Å²) in [4.78, 5) is 26.4. The molecule has 1 saturated carbocycles. The summed E-state index contributed by atoms with van der Waals surface area (Å²) in [6, 6.07) is 2.38. The molecule has 0 bridgehead atoms. The molecule has 0 saturated heterocycles. The van der Waals surface area contributed by atoms with Crippen molar-refractivity contribution in [2.45, 2.75) is 50.5 Å². The van der Waals surface area contributed by atoms with Gasteiger partial charge in [0.15, 0.2) is 5.13 Å². The minimum atomic E-state index is -0.155. The second kappa shape index (κ2) is 8.58. The number of pyridine rings is 1. The first-order valence-corrected chi connectivity index (χ1v) is 10.8. The number of hydrogen-bond acceptors (Lipinski definition) is 7. The molecule has 0 aromatic carbocycles. The first-order valence-electron chi connectivity index (χ1n) is 9.18. The summed E-state index contributed by atoms with van der Waals surface area (Å²) in [6.07, 6.45) is 6.63. The smallest absolute Gasteiger partial charge is 0.261 e. The van der Waals surface area contributed by atoms with Gasteiger partial charge in [-0.1, -0.05) is 12.8 Å². The van der Waals surface area contributed by atoms with Crippen molar-refractivity contribution in [1.29, 1.82) is 0 Å². The number of rotatable bonds is 6. The van der Waals surface area contributed by atoms with Crippen molar-refractivity contribution in [2.75, 3.05) is 31.4 Å². The van der Waals surface area contributed by atoms with E-state index in [1.807, 2.05) is 51.6 Å². The predicted octanol–water partition coefficient (Wildman–Crippen LogP) is 4.35. The fraction of sp³-hybridized carbons (Fsp3) is 0.526. The standard InChI is InChI=1S/C19H27N5OS2/c1-12-13(2)26-19(21-12)22-18(25)16-10-15(27-23(3)4)11-20-17(16)24(5)14-8-6-7-9-14/h10-11,14H,6-9H2,1-5H3,(H,21,22,25). The van der Waals surface area contributed by atoms with E-state index in [2.05, 4.69) is 20.2 Å². The molecule has 0 aliphatic heterocycles. The summed E-state index contributed by atoms with van der Waals surface area (Å²) in [5.74, 6) is 0.588. The Balaban J connectivity index is 1.91. The number of anilines is 2. The molecule has 1 aliphatic carbocycles. The normalized spacial score (nSPS) is 14.7. The number of carbonyl (C=O) groups excluding carboxylic acids is 1. The van der Waals surface area contributed by atoms with Crippen molar-refractivity contribution < 1.29 is 4.79 Å². The van der Waals surface area contributed by atoms with Gasteiger partial charge in [-0.05, 0) is 58.8 Å². The van der Waals surface area contributed by atoms with Crippen molar-refractivity contribution in [2.24, 2.45) is 0 Å². The van der Waals surface area contributed by atoms with Gasteiger partial charge in [-0.25, -0.2) is 9.97 Å². The van der Waals surface area contributed by atoms with Crippen molar-refractivity contribution >= 4 is 40.1 Å². The number of nitrogens with zero attached hydrogens (tertiary/aromatic N) is 4. The van der Waals surface area contributed by atoms with Gasteiger partial charge in [0.05, 0.1) is 11.3 Å². The largest absolute Gasteiger partial charge is 0.356 e. The summed E-state index contributed by atoms with van der Waals surface area (Å²) in [7, 11) is 6.00. The summed E-state index contributed by atoms with van der Waals surface area (Å²) in [5, 5.41) is 3.60. The van der Waals surface area contributed by atoms with E-state index in [9.17, 15) is 4.79 Å². The Morgan fingerprint density at radius 3 is 2.56 bits per heavy atom. The van der Waals surface area contributed by atoms with E-state index in [-0.39, 0.29) is 5.91 Å². The minimum absolute atomic E-state index is 0.155. The number of amides is 1. The molecular weight excluding hydrogens is 378 g/mol. The van der Waals surface area contributed by atoms with Crippen LogP contribution in [-0.2, 0) is 0 Å². The lowest BCUT2D eigenvalue weighted by Gasteiger charge is -2.27. The van der Waals surface area contributed by atoms with Crippen molar-refractivity contribution in [3.8, 4) is 0 Å². The first kappa shape index (κ1) is 20.1. The van der Waals surface area contributed by atoms with Crippen LogP contribution in [0.5, 0.6) is 0 Å². The molecule has 1 aliphatic rings. The number of aryl methyl sites for hydroxylation is 2. The predicted molar refractivity (Wildman–Crippen MR) is 114 cm³/mol. The molecule has 0 radical (unpaired) electrons. The summed E-state index contributed by atoms with van der Waals surface area (Å²) in [6.45, 7) is 3.97. The highest BCUT2D eigenvalue weighted by molar-refractivity contribution is 7.97. The molecule has 1 N–H and O–H groups in total. The molecule has 2 heterocycles. The van der Waals surface area contributed by atoms with E-state index in [4.69, 9.17) is 0 Å². The zero-order valence-electron chi connectivity index (χ0n) is 16.6. The number of carbonyl (C=O) groups is 1. The van der Waals surface area contributed by atoms with E-state index >= 15 is 0 Å². The number of aromatic nitrogens is 2. The maximum absolute atomic E-state index is 13.1. The van der Waals surface area contributed by atoms with Crippen LogP contribution in [0.1, 0.15) is 46.6 Å². The Bertz CT molecular complexity index is 795. The molecule has 27 heavy (non-hydrogen) atoms. The third-order valence-corrected chi connectivity index (χ3v) is 6.62. The van der Waals surface area contributed by atoms with Crippen LogP contribution in [0.4, 0.5) is 10.9 Å². The average molecular weight is 406 g/mol. The highest BCUT2D eigenvalue weighted by atomic mass is 32.2. The van der Waals surface area contributed by atoms with Crippen LogP contribution in [0.3, 0.4) is 0 Å². The lowest BCUT2D eigenvalue weighted by Crippen LogP contribution is -2.32. The van der Waals surface area contributed by atoms with Gasteiger partial charge < -0.3 is 4.90 Å². The SMILES string of the molecule is Cc1nc(NC(=O)c2cc(SN(C)C)cnc2N(C)C2CCCC2)sc1C. The van der Waals surface area contributed by atoms with Crippen molar-refractivity contribution in [3.05, 3.63) is 28.4 Å². The average Bonchev–Trinajstić information content (AvgIpc) is 3.24. The summed E-state index contributed by atoms with van der Waals surface area (Å²) in [5.41, 5.74) is 1.55. The lowest BCUT2D eigenvalue weighted by molar-refractivity contribution is 0.102. The number of thiazole rings is 1. The van der Waals surface area contributed by atoms with Crippen molar-refractivity contribution in [3.63, 3.8) is 0 Å². The van der Waals surface area contributed by atoms with Gasteiger partial charge in [0.1, 0.15) is 5.82 Å². The summed E-state index contributed by atoms with van der Waals surface area (Å²) < 4.78 is 1.99. The summed E-state index contributed by atoms with van der Waals surface area (Å²) >= 11 is 3.06. The number of hydrogen-bond donors (Lipinski definition) is 1. The van der Waals surface area contributed by atoms with Gasteiger partial charge >= 0.3 is 0 Å². The molecule has 3 rings (SSSR count). The lowest BCUT2D eigenvalue weighted by atomic mass is 10.1. The molecule has 2 aromatic heterocycles. The second-order valence-electron chi connectivity index (χ2n) is 7.11. The zero-order valence-corrected chi connectivity index (χ0v) is 18.2. The minimum Gasteiger partial charge on any atom is -0.356 e. The van der Waals surface area contributed by atoms with Crippen LogP contribution < -0.4 is 10.2 Å². The Morgan fingerprint density at radius 2 is 1.96 bits per heavy atom. The van der Waals surface area contributed by atoms with E-state index in [1.165, 1.54) is 24.2 Å². The fourth-order valence-electron chi connectivity index (χ4n) is 3.30. The van der Waals surface area contributed by atoms with E-state index in [0.717, 1.165) is 34.1 Å². The van der Waals surface area contributed by atoms with Crippen LogP contribution in [0.2, 0.25) is 0 Å². The molecule has 146 valence electrons. The Morgan fingerprint density at radius 1 is 1.26 bits per heavy atom. The fourth-order valence-corrected chi connectivity index (χ4v) is 4.80. The molecule has 6 nitrogen and oxygen atoms in total. The topological polar surface area (TPSA) is 61.4 Å². The van der Waals surface area contributed by atoms with Crippen LogP contribution in [0.15, 0.2) is 17.2 Å². The van der Waals surface area contributed by atoms with Crippen LogP contribution in [-0.4, -0.2) is 47.4 Å². The number of nitrogens with one attached hydrogen (secondary N) is 1. The Hall–Kier alpha value is -1.64. The molecule has 8 heteroatoms. The molecule has 0 atom stereocenters. The van der Waals surface area contributed by atoms with Gasteiger partial charge in [-0.15, -0.1) is 11.3 Å². The molecule has 1 fully saturated rings. The molecular formula is C19H27N5OS2. The van der Waals surface area contributed by atoms with Gasteiger partial charge in [-0.2, -0.15) is 0 Å². The molecule has 0 spiro atoms. The Kier molecular flexibility index (Phi) is 6.39. The monoisotopic (exact) mass is 405 g/mol. The first-order chi connectivity index (χ1) is 12.8. The maximum atomic E-state index is 13.1. The molecule has 2 aromatic rings. The van der Waals surface area contributed by atoms with Gasteiger partial charge in [0, 0.05) is 29.1 Å². The van der Waals surface area contributed by atoms with Crippen LogP contribution in [0, 0.1) is 13.8 Å². The van der Waals surface area contributed by atoms with Crippen LogP contribution >= 0.6 is 23.3 Å². The highest BCUT2D eigenvalue weighted by Gasteiger charge is 2.25. The van der Waals surface area contributed by atoms with Crippen molar-refractivity contribution in [1.82, 2.24) is 14.3 Å². The maximum Gasteiger partial charge on any atom is 0.261 e. The van der Waals surface area contributed by atoms with E-state index in [0.29, 0.717) is 16.7 Å². The van der Waals surface area contributed by atoms with Gasteiger partial charge in [-0.3, -0.25) is 14.4 Å². The molecule has 1 amide bonds. The highest BCUT2D eigenvalue weighted by Crippen LogP contribution is 2.31. The quantitative estimate of drug-likeness (QED) is 0.721. The Labute approximate surface area is 169 Å². The van der Waals surface area contributed by atoms with Crippen LogP contribution in [0.25, 0.3) is 0 Å². The second-order valence-corrected chi connectivity index (χ2v) is 9.70. The van der Waals surface area contributed by atoms with E-state index < -0.39 is 0 Å². The molecule has 0 unspecified atom stereocenters.